The Morgan fingerprint density at radius 3 is 2.38 bits per heavy atom. The van der Waals surface area contributed by atoms with Crippen molar-refractivity contribution in [2.45, 2.75) is 37.5 Å². The van der Waals surface area contributed by atoms with Crippen LogP contribution in [0.3, 0.4) is 0 Å². The Hall–Kier alpha value is -5.15. The van der Waals surface area contributed by atoms with Gasteiger partial charge in [0, 0.05) is 17.8 Å². The van der Waals surface area contributed by atoms with Crippen LogP contribution in [0.2, 0.25) is 0 Å². The van der Waals surface area contributed by atoms with E-state index in [0.29, 0.717) is 6.07 Å². The zero-order valence-corrected chi connectivity index (χ0v) is 22.6. The van der Waals surface area contributed by atoms with Crippen molar-refractivity contribution in [1.82, 2.24) is 20.1 Å². The quantitative estimate of drug-likeness (QED) is 0.256. The average Bonchev–Trinajstić information content (AvgIpc) is 3.43. The molecule has 0 saturated carbocycles. The topological polar surface area (TPSA) is 120 Å². The molecule has 3 N–H and O–H groups in total. The molecule has 0 radical (unpaired) electrons. The fraction of sp³-hybridized carbons (Fsp3) is 0.207. The van der Waals surface area contributed by atoms with Crippen molar-refractivity contribution in [3.8, 4) is 11.1 Å². The highest BCUT2D eigenvalue weighted by atomic mass is 19.4. The van der Waals surface area contributed by atoms with Gasteiger partial charge in [0.25, 0.3) is 11.8 Å². The number of fused-ring (bicyclic) bond motifs is 1. The molecule has 4 aromatic rings. The van der Waals surface area contributed by atoms with E-state index in [9.17, 15) is 49.5 Å². The number of hydrogen-bond acceptors (Lipinski definition) is 5. The molecule has 0 spiro atoms. The summed E-state index contributed by atoms with van der Waals surface area (Å²) in [6.07, 6.45) is -6.00. The van der Waals surface area contributed by atoms with Crippen molar-refractivity contribution in [3.63, 3.8) is 0 Å². The molecule has 2 amide bonds. The first-order valence-electron chi connectivity index (χ1n) is 12.9. The number of alkyl halides is 5. The molecule has 1 aliphatic rings. The van der Waals surface area contributed by atoms with E-state index in [1.165, 1.54) is 24.4 Å². The zero-order valence-electron chi connectivity index (χ0n) is 22.6. The van der Waals surface area contributed by atoms with Crippen molar-refractivity contribution in [1.29, 1.82) is 0 Å². The maximum absolute atomic E-state index is 14.4. The first kappa shape index (κ1) is 31.3. The molecule has 2 aromatic heterocycles. The molecule has 1 atom stereocenters. The maximum Gasteiger partial charge on any atom is 0.435 e. The van der Waals surface area contributed by atoms with Gasteiger partial charge in [0.1, 0.15) is 29.7 Å². The second-order valence-corrected chi connectivity index (χ2v) is 10.1. The van der Waals surface area contributed by atoms with Gasteiger partial charge in [-0.25, -0.2) is 22.0 Å². The summed E-state index contributed by atoms with van der Waals surface area (Å²) < 4.78 is 112. The fourth-order valence-electron chi connectivity index (χ4n) is 5.16. The molecule has 5 rings (SSSR count). The molecule has 2 heterocycles. The Labute approximate surface area is 247 Å². The lowest BCUT2D eigenvalue weighted by molar-refractivity contribution is -0.145. The van der Waals surface area contributed by atoms with Gasteiger partial charge in [-0.1, -0.05) is 12.1 Å². The van der Waals surface area contributed by atoms with Gasteiger partial charge in [-0.05, 0) is 47.9 Å². The molecule has 0 saturated heterocycles. The van der Waals surface area contributed by atoms with Crippen LogP contribution in [0, 0.1) is 17.5 Å². The number of ketones is 1. The van der Waals surface area contributed by atoms with Gasteiger partial charge in [-0.2, -0.15) is 18.3 Å². The molecule has 45 heavy (non-hydrogen) atoms. The average molecular weight is 637 g/mol. The lowest BCUT2D eigenvalue weighted by atomic mass is 9.94. The summed E-state index contributed by atoms with van der Waals surface area (Å²) in [6, 6.07) is 7.42. The van der Waals surface area contributed by atoms with Gasteiger partial charge in [0.2, 0.25) is 5.91 Å². The van der Waals surface area contributed by atoms with E-state index >= 15 is 0 Å². The highest BCUT2D eigenvalue weighted by molar-refractivity contribution is 6.01. The number of carbonyl (C=O) groups excluding carboxylic acids is 3. The van der Waals surface area contributed by atoms with Gasteiger partial charge in [0.05, 0.1) is 29.3 Å². The van der Waals surface area contributed by atoms with Gasteiger partial charge in [0.15, 0.2) is 11.5 Å². The van der Waals surface area contributed by atoms with Crippen LogP contribution in [-0.2, 0) is 29.9 Å². The molecule has 2 aromatic carbocycles. The molecule has 16 heteroatoms. The van der Waals surface area contributed by atoms with Crippen LogP contribution in [0.5, 0.6) is 0 Å². The first-order valence-corrected chi connectivity index (χ1v) is 12.9. The molecule has 1 aliphatic carbocycles. The normalized spacial score (nSPS) is 14.7. The van der Waals surface area contributed by atoms with Crippen LogP contribution in [0.1, 0.15) is 55.8 Å². The molecular weight excluding hydrogens is 618 g/mol. The van der Waals surface area contributed by atoms with E-state index in [2.05, 4.69) is 15.4 Å². The lowest BCUT2D eigenvalue weighted by Crippen LogP contribution is -2.34. The molecule has 0 aliphatic heterocycles. The minimum Gasteiger partial charge on any atom is -0.366 e. The van der Waals surface area contributed by atoms with Crippen LogP contribution in [0.15, 0.2) is 54.7 Å². The summed E-state index contributed by atoms with van der Waals surface area (Å²) in [5.74, 6) is -10.6. The second kappa shape index (κ2) is 11.4. The number of nitrogens with one attached hydrogen (secondary N) is 1. The number of nitrogens with zero attached hydrogens (tertiary/aromatic N) is 3. The minimum absolute atomic E-state index is 0.000456. The Morgan fingerprint density at radius 2 is 1.73 bits per heavy atom. The number of halogens is 8. The van der Waals surface area contributed by atoms with Crippen LogP contribution in [0.4, 0.5) is 35.1 Å². The number of pyridine rings is 1. The monoisotopic (exact) mass is 637 g/mol. The van der Waals surface area contributed by atoms with E-state index in [-0.39, 0.29) is 33.5 Å². The van der Waals surface area contributed by atoms with E-state index in [0.717, 1.165) is 24.3 Å². The molecule has 234 valence electrons. The van der Waals surface area contributed by atoms with Crippen LogP contribution in [-0.4, -0.2) is 32.4 Å². The Kier molecular flexibility index (Phi) is 7.93. The number of primary amides is 1. The standard InChI is InChI=1S/C29H19F8N5O3/c30-15-6-13(7-16(31)10-15)8-20(24-17(2-1-5-39-24)14-3-4-19(32)18(9-14)27(38)45)40-22(44)12-42-25-21(43)11-28(33,34)23(25)26(41-42)29(35,36)37/h1-7,9-10,20H,8,11-12H2,(H2,38,45)(H,40,44)/t20-/m0/s1. The van der Waals surface area contributed by atoms with Gasteiger partial charge in [-0.3, -0.25) is 24.0 Å². The van der Waals surface area contributed by atoms with Gasteiger partial charge >= 0.3 is 6.18 Å². The summed E-state index contributed by atoms with van der Waals surface area (Å²) >= 11 is 0. The van der Waals surface area contributed by atoms with Crippen molar-refractivity contribution in [3.05, 3.63) is 106 Å². The lowest BCUT2D eigenvalue weighted by Gasteiger charge is -2.22. The number of carbonyl (C=O) groups is 3. The molecule has 8 nitrogen and oxygen atoms in total. The highest BCUT2D eigenvalue weighted by Gasteiger charge is 2.55. The maximum atomic E-state index is 14.4. The van der Waals surface area contributed by atoms with Gasteiger partial charge < -0.3 is 11.1 Å². The number of Topliss-reactive ketones (excluding diaryl/α,β-unsaturated/α-hetero) is 1. The number of amides is 2. The summed E-state index contributed by atoms with van der Waals surface area (Å²) in [7, 11) is 0. The minimum atomic E-state index is -5.37. The largest absolute Gasteiger partial charge is 0.435 e. The third-order valence-corrected chi connectivity index (χ3v) is 6.94. The summed E-state index contributed by atoms with van der Waals surface area (Å²) in [5, 5.41) is 5.56. The summed E-state index contributed by atoms with van der Waals surface area (Å²) in [5.41, 5.74) is 0.430. The first-order chi connectivity index (χ1) is 21.0. The van der Waals surface area contributed by atoms with E-state index in [1.54, 1.807) is 0 Å². The third kappa shape index (κ3) is 6.25. The van der Waals surface area contributed by atoms with Crippen molar-refractivity contribution in [2.75, 3.05) is 0 Å². The Morgan fingerprint density at radius 1 is 1.04 bits per heavy atom. The van der Waals surface area contributed by atoms with Crippen molar-refractivity contribution < 1.29 is 49.5 Å². The number of rotatable bonds is 8. The van der Waals surface area contributed by atoms with Crippen molar-refractivity contribution in [2.24, 2.45) is 5.73 Å². The Balaban J connectivity index is 1.56. The number of hydrogen-bond donors (Lipinski definition) is 2. The molecule has 0 unspecified atom stereocenters. The van der Waals surface area contributed by atoms with Crippen LogP contribution >= 0.6 is 0 Å². The zero-order chi connectivity index (χ0) is 32.8. The van der Waals surface area contributed by atoms with Crippen LogP contribution in [0.25, 0.3) is 11.1 Å². The Bertz CT molecular complexity index is 1830. The SMILES string of the molecule is NC(=O)c1cc(-c2cccnc2[C@H](Cc2cc(F)cc(F)c2)NC(=O)Cn2nc(C(F)(F)F)c3c2C(=O)CC3(F)F)ccc1F. The summed E-state index contributed by atoms with van der Waals surface area (Å²) in [4.78, 5) is 41.5. The van der Waals surface area contributed by atoms with Crippen molar-refractivity contribution >= 4 is 17.6 Å². The number of aromatic nitrogens is 3. The van der Waals surface area contributed by atoms with Gasteiger partial charge in [-0.15, -0.1) is 0 Å². The van der Waals surface area contributed by atoms with E-state index < -0.39 is 88.7 Å². The number of nitrogens with two attached hydrogens (primary N) is 1. The molecule has 0 bridgehead atoms. The highest BCUT2D eigenvalue weighted by Crippen LogP contribution is 2.47. The van der Waals surface area contributed by atoms with E-state index in [4.69, 9.17) is 5.73 Å². The predicted octanol–water partition coefficient (Wildman–Crippen LogP) is 5.26. The predicted molar refractivity (Wildman–Crippen MR) is 139 cm³/mol. The van der Waals surface area contributed by atoms with Crippen LogP contribution < -0.4 is 11.1 Å². The second-order valence-electron chi connectivity index (χ2n) is 10.1. The summed E-state index contributed by atoms with van der Waals surface area (Å²) in [6.45, 7) is -1.13. The molecular formula is C29H19F8N5O3. The fourth-order valence-corrected chi connectivity index (χ4v) is 5.16. The van der Waals surface area contributed by atoms with E-state index in [1.807, 2.05) is 0 Å². The third-order valence-electron chi connectivity index (χ3n) is 6.94. The smallest absolute Gasteiger partial charge is 0.366 e. The molecule has 0 fully saturated rings. The number of benzene rings is 2.